The van der Waals surface area contributed by atoms with Gasteiger partial charge in [0, 0.05) is 45.8 Å². The van der Waals surface area contributed by atoms with Gasteiger partial charge in [0.1, 0.15) is 6.33 Å². The van der Waals surface area contributed by atoms with Gasteiger partial charge < -0.3 is 14.5 Å². The van der Waals surface area contributed by atoms with Gasteiger partial charge in [-0.05, 0) is 25.3 Å². The van der Waals surface area contributed by atoms with E-state index >= 15 is 0 Å². The number of piperazine rings is 1. The summed E-state index contributed by atoms with van der Waals surface area (Å²) < 4.78 is 5.17. The average molecular weight is 455 g/mol. The highest BCUT2D eigenvalue weighted by molar-refractivity contribution is 5.75. The van der Waals surface area contributed by atoms with Crippen LogP contribution in [-0.2, 0) is 16.1 Å². The first kappa shape index (κ1) is 22.9. The number of carbonyl (C=O) groups is 1. The molecule has 1 aromatic heterocycles. The Kier molecular flexibility index (Phi) is 7.33. The van der Waals surface area contributed by atoms with E-state index in [0.717, 1.165) is 26.1 Å². The number of aromatic nitrogens is 2. The fourth-order valence-electron chi connectivity index (χ4n) is 4.57. The number of hydrogen-bond acceptors (Lipinski definition) is 9. The third kappa shape index (κ3) is 5.39. The Morgan fingerprint density at radius 3 is 2.45 bits per heavy atom. The number of nitrogens with zero attached hydrogens (tertiary/aromatic N) is 6. The first-order valence-electron chi connectivity index (χ1n) is 11.5. The van der Waals surface area contributed by atoms with Crippen molar-refractivity contribution in [2.24, 2.45) is 5.92 Å². The van der Waals surface area contributed by atoms with Gasteiger partial charge in [0.2, 0.25) is 11.6 Å². The van der Waals surface area contributed by atoms with E-state index in [1.54, 1.807) is 6.92 Å². The number of anilines is 2. The topological polar surface area (TPSA) is 105 Å². The van der Waals surface area contributed by atoms with E-state index in [1.165, 1.54) is 11.9 Å². The summed E-state index contributed by atoms with van der Waals surface area (Å²) in [5.41, 5.74) is 1.17. The number of ether oxygens (including phenoxy) is 1. The Balaban J connectivity index is 1.49. The summed E-state index contributed by atoms with van der Waals surface area (Å²) in [5, 5.41) is 12.1. The molecule has 0 radical (unpaired) electrons. The molecule has 0 amide bonds. The minimum absolute atomic E-state index is 0.0847. The fraction of sp³-hybridized carbons (Fsp3) is 0.522. The van der Waals surface area contributed by atoms with Crippen LogP contribution in [0.15, 0.2) is 36.7 Å². The maximum absolute atomic E-state index is 12.2. The second-order valence-corrected chi connectivity index (χ2v) is 8.41. The predicted octanol–water partition coefficient (Wildman–Crippen LogP) is 2.49. The molecule has 2 fully saturated rings. The van der Waals surface area contributed by atoms with Gasteiger partial charge in [-0.15, -0.1) is 0 Å². The molecule has 0 N–H and O–H groups in total. The first-order chi connectivity index (χ1) is 16.1. The molecule has 10 heteroatoms. The summed E-state index contributed by atoms with van der Waals surface area (Å²) >= 11 is 0. The Morgan fingerprint density at radius 2 is 1.79 bits per heavy atom. The van der Waals surface area contributed by atoms with Crippen molar-refractivity contribution in [1.29, 1.82) is 0 Å². The van der Waals surface area contributed by atoms with Crippen LogP contribution in [0.25, 0.3) is 0 Å². The van der Waals surface area contributed by atoms with Gasteiger partial charge in [-0.25, -0.2) is 9.97 Å². The number of esters is 1. The zero-order chi connectivity index (χ0) is 23.2. The molecular formula is C23H30N6O4. The molecule has 1 atom stereocenters. The summed E-state index contributed by atoms with van der Waals surface area (Å²) in [5.74, 6) is 0.0697. The van der Waals surface area contributed by atoms with Crippen molar-refractivity contribution in [1.82, 2.24) is 14.9 Å². The maximum Gasteiger partial charge on any atom is 0.353 e. The summed E-state index contributed by atoms with van der Waals surface area (Å²) in [7, 11) is 0. The number of benzene rings is 1. The van der Waals surface area contributed by atoms with Crippen LogP contribution in [0.4, 0.5) is 17.3 Å². The molecule has 176 valence electrons. The van der Waals surface area contributed by atoms with Gasteiger partial charge >= 0.3 is 11.7 Å². The summed E-state index contributed by atoms with van der Waals surface area (Å²) in [6.07, 6.45) is 2.85. The van der Waals surface area contributed by atoms with Crippen LogP contribution in [0.5, 0.6) is 0 Å². The molecule has 3 heterocycles. The van der Waals surface area contributed by atoms with E-state index in [-0.39, 0.29) is 23.4 Å². The molecule has 0 saturated carbocycles. The number of hydrogen-bond donors (Lipinski definition) is 0. The van der Waals surface area contributed by atoms with Crippen LogP contribution < -0.4 is 9.80 Å². The van der Waals surface area contributed by atoms with Crippen LogP contribution in [0.2, 0.25) is 0 Å². The van der Waals surface area contributed by atoms with Crippen molar-refractivity contribution in [2.45, 2.75) is 26.3 Å². The summed E-state index contributed by atoms with van der Waals surface area (Å²) in [6, 6.07) is 10.3. The van der Waals surface area contributed by atoms with E-state index in [1.807, 2.05) is 28.0 Å². The standard InChI is InChI=1S/C23H30N6O4/c1-2-33-23(30)19-9-6-10-28(16-19)22-20(29(31)32)21(24-17-25-22)27-13-11-26(12-14-27)15-18-7-4-3-5-8-18/h3-5,7-8,17,19H,2,6,9-16H2,1H3. The summed E-state index contributed by atoms with van der Waals surface area (Å²) in [6.45, 7) is 6.81. The number of nitro groups is 1. The highest BCUT2D eigenvalue weighted by Crippen LogP contribution is 2.36. The van der Waals surface area contributed by atoms with Gasteiger partial charge in [-0.1, -0.05) is 30.3 Å². The van der Waals surface area contributed by atoms with E-state index in [4.69, 9.17) is 4.74 Å². The monoisotopic (exact) mass is 454 g/mol. The SMILES string of the molecule is CCOC(=O)C1CCCN(c2ncnc(N3CCN(Cc4ccccc4)CC3)c2[N+](=O)[O-])C1. The van der Waals surface area contributed by atoms with Crippen molar-refractivity contribution >= 4 is 23.3 Å². The van der Waals surface area contributed by atoms with Crippen molar-refractivity contribution in [3.05, 3.63) is 52.3 Å². The van der Waals surface area contributed by atoms with Gasteiger partial charge in [0.05, 0.1) is 17.4 Å². The maximum atomic E-state index is 12.2. The first-order valence-corrected chi connectivity index (χ1v) is 11.5. The van der Waals surface area contributed by atoms with Gasteiger partial charge in [0.15, 0.2) is 0 Å². The molecule has 2 aromatic rings. The lowest BCUT2D eigenvalue weighted by Gasteiger charge is -2.36. The van der Waals surface area contributed by atoms with Crippen LogP contribution in [0, 0.1) is 16.0 Å². The lowest BCUT2D eigenvalue weighted by Crippen LogP contribution is -2.46. The molecular weight excluding hydrogens is 424 g/mol. The lowest BCUT2D eigenvalue weighted by atomic mass is 9.98. The number of rotatable bonds is 7. The second kappa shape index (κ2) is 10.6. The van der Waals surface area contributed by atoms with Crippen LogP contribution in [0.1, 0.15) is 25.3 Å². The Bertz CT molecular complexity index is 965. The molecule has 33 heavy (non-hydrogen) atoms. The van der Waals surface area contributed by atoms with Crippen molar-refractivity contribution in [3.63, 3.8) is 0 Å². The van der Waals surface area contributed by atoms with Gasteiger partial charge in [-0.3, -0.25) is 19.8 Å². The fourth-order valence-corrected chi connectivity index (χ4v) is 4.57. The zero-order valence-electron chi connectivity index (χ0n) is 18.9. The van der Waals surface area contributed by atoms with E-state index in [9.17, 15) is 14.9 Å². The molecule has 1 unspecified atom stereocenters. The third-order valence-electron chi connectivity index (χ3n) is 6.23. The van der Waals surface area contributed by atoms with Crippen molar-refractivity contribution in [2.75, 3.05) is 55.7 Å². The average Bonchev–Trinajstić information content (AvgIpc) is 2.85. The molecule has 0 bridgehead atoms. The van der Waals surface area contributed by atoms with Crippen LogP contribution in [-0.4, -0.2) is 71.6 Å². The Labute approximate surface area is 193 Å². The van der Waals surface area contributed by atoms with E-state index < -0.39 is 4.92 Å². The summed E-state index contributed by atoms with van der Waals surface area (Å²) in [4.78, 5) is 38.7. The van der Waals surface area contributed by atoms with E-state index in [0.29, 0.717) is 45.0 Å². The zero-order valence-corrected chi connectivity index (χ0v) is 18.9. The normalized spacial score (nSPS) is 19.4. The molecule has 1 aromatic carbocycles. The molecule has 0 spiro atoms. The minimum atomic E-state index is -0.394. The Morgan fingerprint density at radius 1 is 1.09 bits per heavy atom. The molecule has 2 saturated heterocycles. The second-order valence-electron chi connectivity index (χ2n) is 8.41. The quantitative estimate of drug-likeness (QED) is 0.354. The van der Waals surface area contributed by atoms with E-state index in [2.05, 4.69) is 27.0 Å². The minimum Gasteiger partial charge on any atom is -0.466 e. The molecule has 10 nitrogen and oxygen atoms in total. The molecule has 2 aliphatic rings. The van der Waals surface area contributed by atoms with Crippen molar-refractivity contribution in [3.8, 4) is 0 Å². The van der Waals surface area contributed by atoms with Gasteiger partial charge in [-0.2, -0.15) is 0 Å². The highest BCUT2D eigenvalue weighted by atomic mass is 16.6. The Hall–Kier alpha value is -3.27. The molecule has 4 rings (SSSR count). The predicted molar refractivity (Wildman–Crippen MR) is 124 cm³/mol. The highest BCUT2D eigenvalue weighted by Gasteiger charge is 2.35. The molecule has 2 aliphatic heterocycles. The smallest absolute Gasteiger partial charge is 0.353 e. The largest absolute Gasteiger partial charge is 0.466 e. The number of carbonyl (C=O) groups excluding carboxylic acids is 1. The number of piperidine rings is 1. The van der Waals surface area contributed by atoms with Crippen LogP contribution in [0.3, 0.4) is 0 Å². The van der Waals surface area contributed by atoms with Crippen LogP contribution >= 0.6 is 0 Å². The third-order valence-corrected chi connectivity index (χ3v) is 6.23. The molecule has 0 aliphatic carbocycles. The van der Waals surface area contributed by atoms with Crippen molar-refractivity contribution < 1.29 is 14.5 Å². The van der Waals surface area contributed by atoms with Gasteiger partial charge in [0.25, 0.3) is 0 Å². The lowest BCUT2D eigenvalue weighted by molar-refractivity contribution is -0.383.